The molecule has 2 heterocycles. The molecule has 0 aromatic carbocycles. The first-order chi connectivity index (χ1) is 8.67. The molecule has 1 aromatic rings. The van der Waals surface area contributed by atoms with Gasteiger partial charge in [-0.25, -0.2) is 0 Å². The van der Waals surface area contributed by atoms with E-state index >= 15 is 0 Å². The highest BCUT2D eigenvalue weighted by Gasteiger charge is 2.24. The predicted octanol–water partition coefficient (Wildman–Crippen LogP) is 1.33. The number of hydrogen-bond acceptors (Lipinski definition) is 4. The van der Waals surface area contributed by atoms with Crippen molar-refractivity contribution in [1.82, 2.24) is 9.88 Å². The minimum Gasteiger partial charge on any atom is -0.372 e. The van der Waals surface area contributed by atoms with Gasteiger partial charge in [-0.05, 0) is 38.9 Å². The molecule has 0 bridgehead atoms. The number of hydrogen-bond donors (Lipinski definition) is 1. The predicted molar refractivity (Wildman–Crippen MR) is 72.3 cm³/mol. The SMILES string of the molecule is Cc1cccc(CN(C)CC2CCC(CN)O2)n1. The van der Waals surface area contributed by atoms with Crippen molar-refractivity contribution in [2.45, 2.75) is 38.5 Å². The molecule has 2 rings (SSSR count). The largest absolute Gasteiger partial charge is 0.372 e. The molecule has 0 aliphatic carbocycles. The van der Waals surface area contributed by atoms with Crippen molar-refractivity contribution in [3.8, 4) is 0 Å². The van der Waals surface area contributed by atoms with Crippen molar-refractivity contribution < 1.29 is 4.74 Å². The summed E-state index contributed by atoms with van der Waals surface area (Å²) < 4.78 is 5.86. The van der Waals surface area contributed by atoms with Gasteiger partial charge in [-0.3, -0.25) is 9.88 Å². The second-order valence-corrected chi connectivity index (χ2v) is 5.16. The first-order valence-electron chi connectivity index (χ1n) is 6.64. The van der Waals surface area contributed by atoms with E-state index in [1.807, 2.05) is 13.0 Å². The topological polar surface area (TPSA) is 51.4 Å². The van der Waals surface area contributed by atoms with Gasteiger partial charge >= 0.3 is 0 Å². The van der Waals surface area contributed by atoms with E-state index in [1.54, 1.807) is 0 Å². The van der Waals surface area contributed by atoms with Crippen LogP contribution in [0, 0.1) is 6.92 Å². The molecule has 0 spiro atoms. The lowest BCUT2D eigenvalue weighted by molar-refractivity contribution is 0.0304. The summed E-state index contributed by atoms with van der Waals surface area (Å²) in [6, 6.07) is 6.15. The zero-order valence-electron chi connectivity index (χ0n) is 11.3. The highest BCUT2D eigenvalue weighted by atomic mass is 16.5. The molecule has 100 valence electrons. The molecule has 0 saturated carbocycles. The standard InChI is InChI=1S/C14H23N3O/c1-11-4-3-5-12(16-11)9-17(2)10-14-7-6-13(8-15)18-14/h3-5,13-14H,6-10,15H2,1-2H3. The number of aryl methyl sites for hydroxylation is 1. The van der Waals surface area contributed by atoms with Gasteiger partial charge in [-0.15, -0.1) is 0 Å². The van der Waals surface area contributed by atoms with Crippen molar-refractivity contribution in [2.75, 3.05) is 20.1 Å². The maximum atomic E-state index is 5.86. The average Bonchev–Trinajstić information content (AvgIpc) is 2.76. The van der Waals surface area contributed by atoms with Crippen molar-refractivity contribution in [3.63, 3.8) is 0 Å². The Morgan fingerprint density at radius 1 is 1.39 bits per heavy atom. The van der Waals surface area contributed by atoms with Crippen LogP contribution in [-0.4, -0.2) is 42.2 Å². The van der Waals surface area contributed by atoms with Crippen LogP contribution in [0.5, 0.6) is 0 Å². The fraction of sp³-hybridized carbons (Fsp3) is 0.643. The maximum Gasteiger partial charge on any atom is 0.0707 e. The summed E-state index contributed by atoms with van der Waals surface area (Å²) in [5, 5.41) is 0. The second-order valence-electron chi connectivity index (χ2n) is 5.16. The summed E-state index contributed by atoms with van der Waals surface area (Å²) in [6.07, 6.45) is 2.80. The molecule has 1 aliphatic rings. The van der Waals surface area contributed by atoms with Crippen molar-refractivity contribution in [1.29, 1.82) is 0 Å². The zero-order valence-corrected chi connectivity index (χ0v) is 11.3. The van der Waals surface area contributed by atoms with Gasteiger partial charge in [0.2, 0.25) is 0 Å². The Kier molecular flexibility index (Phi) is 4.69. The molecule has 2 N–H and O–H groups in total. The van der Waals surface area contributed by atoms with Crippen LogP contribution in [0.15, 0.2) is 18.2 Å². The smallest absolute Gasteiger partial charge is 0.0707 e. The van der Waals surface area contributed by atoms with Crippen molar-refractivity contribution in [3.05, 3.63) is 29.6 Å². The van der Waals surface area contributed by atoms with Gasteiger partial charge in [0.25, 0.3) is 0 Å². The molecule has 0 radical (unpaired) electrons. The Morgan fingerprint density at radius 3 is 2.83 bits per heavy atom. The van der Waals surface area contributed by atoms with E-state index in [1.165, 1.54) is 0 Å². The highest BCUT2D eigenvalue weighted by molar-refractivity contribution is 5.09. The fourth-order valence-electron chi connectivity index (χ4n) is 2.46. The summed E-state index contributed by atoms with van der Waals surface area (Å²) in [6.45, 7) is 4.48. The van der Waals surface area contributed by atoms with Gasteiger partial charge < -0.3 is 10.5 Å². The van der Waals surface area contributed by atoms with Crippen LogP contribution < -0.4 is 5.73 Å². The van der Waals surface area contributed by atoms with Gasteiger partial charge in [0, 0.05) is 25.3 Å². The fourth-order valence-corrected chi connectivity index (χ4v) is 2.46. The molecule has 4 heteroatoms. The normalized spacial score (nSPS) is 23.8. The summed E-state index contributed by atoms with van der Waals surface area (Å²) in [5.41, 5.74) is 7.81. The minimum atomic E-state index is 0.264. The van der Waals surface area contributed by atoms with Gasteiger partial charge in [-0.2, -0.15) is 0 Å². The molecule has 1 fully saturated rings. The summed E-state index contributed by atoms with van der Waals surface area (Å²) in [4.78, 5) is 6.79. The molecule has 2 atom stereocenters. The third kappa shape index (κ3) is 3.77. The lowest BCUT2D eigenvalue weighted by Gasteiger charge is -2.21. The van der Waals surface area contributed by atoms with Crippen molar-refractivity contribution >= 4 is 0 Å². The van der Waals surface area contributed by atoms with Crippen LogP contribution in [-0.2, 0) is 11.3 Å². The quantitative estimate of drug-likeness (QED) is 0.855. The Bertz CT molecular complexity index is 383. The average molecular weight is 249 g/mol. The third-order valence-electron chi connectivity index (χ3n) is 3.35. The third-order valence-corrected chi connectivity index (χ3v) is 3.35. The number of pyridine rings is 1. The number of ether oxygens (including phenoxy) is 1. The number of aromatic nitrogens is 1. The zero-order chi connectivity index (χ0) is 13.0. The van der Waals surface area contributed by atoms with Crippen LogP contribution in [0.3, 0.4) is 0 Å². The molecule has 1 aliphatic heterocycles. The maximum absolute atomic E-state index is 5.86. The monoisotopic (exact) mass is 249 g/mol. The van der Waals surface area contributed by atoms with E-state index in [0.29, 0.717) is 12.6 Å². The number of nitrogens with zero attached hydrogens (tertiary/aromatic N) is 2. The number of likely N-dealkylation sites (N-methyl/N-ethyl adjacent to an activating group) is 1. The molecular formula is C14H23N3O. The molecule has 4 nitrogen and oxygen atoms in total. The molecule has 1 aromatic heterocycles. The Labute approximate surface area is 109 Å². The Balaban J connectivity index is 1.80. The van der Waals surface area contributed by atoms with Gasteiger partial charge in [0.05, 0.1) is 17.9 Å². The van der Waals surface area contributed by atoms with E-state index in [0.717, 1.165) is 37.3 Å². The van der Waals surface area contributed by atoms with Crippen LogP contribution >= 0.6 is 0 Å². The van der Waals surface area contributed by atoms with Crippen LogP contribution in [0.2, 0.25) is 0 Å². The first-order valence-corrected chi connectivity index (χ1v) is 6.64. The van der Waals surface area contributed by atoms with Crippen LogP contribution in [0.25, 0.3) is 0 Å². The molecular weight excluding hydrogens is 226 g/mol. The lowest BCUT2D eigenvalue weighted by atomic mass is 10.2. The molecule has 18 heavy (non-hydrogen) atoms. The molecule has 1 saturated heterocycles. The summed E-state index contributed by atoms with van der Waals surface area (Å²) in [7, 11) is 2.11. The number of nitrogens with two attached hydrogens (primary N) is 1. The van der Waals surface area contributed by atoms with E-state index in [9.17, 15) is 0 Å². The van der Waals surface area contributed by atoms with E-state index in [4.69, 9.17) is 10.5 Å². The molecule has 2 unspecified atom stereocenters. The summed E-state index contributed by atoms with van der Waals surface area (Å²) >= 11 is 0. The highest BCUT2D eigenvalue weighted by Crippen LogP contribution is 2.19. The van der Waals surface area contributed by atoms with Gasteiger partial charge in [0.1, 0.15) is 0 Å². The number of rotatable bonds is 5. The van der Waals surface area contributed by atoms with Gasteiger partial charge in [-0.1, -0.05) is 6.07 Å². The molecule has 0 amide bonds. The van der Waals surface area contributed by atoms with Crippen LogP contribution in [0.1, 0.15) is 24.2 Å². The van der Waals surface area contributed by atoms with E-state index < -0.39 is 0 Å². The van der Waals surface area contributed by atoms with Crippen molar-refractivity contribution in [2.24, 2.45) is 5.73 Å². The Morgan fingerprint density at radius 2 is 2.17 bits per heavy atom. The van der Waals surface area contributed by atoms with E-state index in [-0.39, 0.29) is 6.10 Å². The van der Waals surface area contributed by atoms with Crippen LogP contribution in [0.4, 0.5) is 0 Å². The minimum absolute atomic E-state index is 0.264. The second kappa shape index (κ2) is 6.27. The summed E-state index contributed by atoms with van der Waals surface area (Å²) in [5.74, 6) is 0. The van der Waals surface area contributed by atoms with Gasteiger partial charge in [0.15, 0.2) is 0 Å². The lowest BCUT2D eigenvalue weighted by Crippen LogP contribution is -2.30. The first kappa shape index (κ1) is 13.5. The Hall–Kier alpha value is -0.970. The van der Waals surface area contributed by atoms with E-state index in [2.05, 4.69) is 29.1 Å².